The van der Waals surface area contributed by atoms with Crippen molar-refractivity contribution in [1.29, 1.82) is 0 Å². The molecule has 3 nitrogen and oxygen atoms in total. The minimum Gasteiger partial charge on any atom is -0.369 e. The number of benzene rings is 1. The van der Waals surface area contributed by atoms with Gasteiger partial charge in [0, 0.05) is 35.9 Å². The molecule has 2 aromatic rings. The molecule has 0 bridgehead atoms. The molecule has 1 aliphatic rings. The molecule has 0 spiro atoms. The fourth-order valence-corrected chi connectivity index (χ4v) is 3.02. The van der Waals surface area contributed by atoms with Gasteiger partial charge in [0.2, 0.25) is 0 Å². The van der Waals surface area contributed by atoms with Gasteiger partial charge in [0.25, 0.3) is 0 Å². The highest BCUT2D eigenvalue weighted by Crippen LogP contribution is 2.28. The van der Waals surface area contributed by atoms with E-state index < -0.39 is 0 Å². The van der Waals surface area contributed by atoms with E-state index >= 15 is 0 Å². The van der Waals surface area contributed by atoms with Gasteiger partial charge in [0.05, 0.1) is 5.52 Å². The molecular formula is C17H23N3. The van der Waals surface area contributed by atoms with E-state index in [4.69, 9.17) is 0 Å². The first-order valence-electron chi connectivity index (χ1n) is 7.55. The van der Waals surface area contributed by atoms with Crippen LogP contribution >= 0.6 is 0 Å². The van der Waals surface area contributed by atoms with Gasteiger partial charge >= 0.3 is 0 Å². The van der Waals surface area contributed by atoms with Gasteiger partial charge in [-0.2, -0.15) is 0 Å². The average Bonchev–Trinajstić information content (AvgIpc) is 2.69. The maximum atomic E-state index is 4.47. The van der Waals surface area contributed by atoms with Gasteiger partial charge in [0.1, 0.15) is 0 Å². The Bertz CT molecular complexity index is 590. The largest absolute Gasteiger partial charge is 0.369 e. The number of hydrogen-bond acceptors (Lipinski definition) is 3. The van der Waals surface area contributed by atoms with Crippen LogP contribution in [0.1, 0.15) is 26.7 Å². The van der Waals surface area contributed by atoms with E-state index in [0.717, 1.165) is 31.6 Å². The van der Waals surface area contributed by atoms with Crippen molar-refractivity contribution >= 4 is 16.6 Å². The molecule has 2 heterocycles. The van der Waals surface area contributed by atoms with Crippen LogP contribution < -0.4 is 10.2 Å². The summed E-state index contributed by atoms with van der Waals surface area (Å²) in [6, 6.07) is 10.6. The van der Waals surface area contributed by atoms with E-state index in [9.17, 15) is 0 Å². The zero-order valence-electron chi connectivity index (χ0n) is 12.4. The lowest BCUT2D eigenvalue weighted by Gasteiger charge is -2.34. The first-order chi connectivity index (χ1) is 9.72. The number of nitrogens with zero attached hydrogens (tertiary/aromatic N) is 2. The van der Waals surface area contributed by atoms with Crippen LogP contribution in [0, 0.1) is 0 Å². The molecule has 1 N–H and O–H groups in total. The zero-order valence-corrected chi connectivity index (χ0v) is 12.4. The third-order valence-electron chi connectivity index (χ3n) is 4.44. The van der Waals surface area contributed by atoms with Crippen molar-refractivity contribution in [2.24, 2.45) is 0 Å². The Kier molecular flexibility index (Phi) is 3.62. The van der Waals surface area contributed by atoms with E-state index in [1.807, 2.05) is 12.3 Å². The van der Waals surface area contributed by atoms with Crippen LogP contribution in [-0.4, -0.2) is 30.2 Å². The second-order valence-electron chi connectivity index (χ2n) is 5.96. The SMILES string of the molecule is CCC1(C)CN(c2cccc3ncccc23)CCCN1. The Hall–Kier alpha value is -1.61. The molecule has 106 valence electrons. The van der Waals surface area contributed by atoms with Crippen molar-refractivity contribution in [3.05, 3.63) is 36.5 Å². The highest BCUT2D eigenvalue weighted by Gasteiger charge is 2.27. The average molecular weight is 269 g/mol. The number of hydrogen-bond donors (Lipinski definition) is 1. The summed E-state index contributed by atoms with van der Waals surface area (Å²) >= 11 is 0. The minimum absolute atomic E-state index is 0.195. The molecule has 0 amide bonds. The summed E-state index contributed by atoms with van der Waals surface area (Å²) in [7, 11) is 0. The van der Waals surface area contributed by atoms with Crippen molar-refractivity contribution in [3.8, 4) is 0 Å². The Labute approximate surface area is 121 Å². The lowest BCUT2D eigenvalue weighted by molar-refractivity contribution is 0.366. The topological polar surface area (TPSA) is 28.2 Å². The number of aromatic nitrogens is 1. The number of fused-ring (bicyclic) bond motifs is 1. The molecule has 0 saturated carbocycles. The monoisotopic (exact) mass is 269 g/mol. The van der Waals surface area contributed by atoms with E-state index in [2.05, 4.69) is 53.3 Å². The van der Waals surface area contributed by atoms with Gasteiger partial charge in [-0.15, -0.1) is 0 Å². The molecule has 0 radical (unpaired) electrons. The summed E-state index contributed by atoms with van der Waals surface area (Å²) in [5, 5.41) is 4.96. The number of rotatable bonds is 2. The summed E-state index contributed by atoms with van der Waals surface area (Å²) in [4.78, 5) is 7.00. The summed E-state index contributed by atoms with van der Waals surface area (Å²) in [5.74, 6) is 0. The molecule has 1 unspecified atom stereocenters. The van der Waals surface area contributed by atoms with Crippen molar-refractivity contribution in [1.82, 2.24) is 10.3 Å². The molecule has 1 aromatic heterocycles. The Morgan fingerprint density at radius 3 is 3.05 bits per heavy atom. The van der Waals surface area contributed by atoms with Crippen LogP contribution in [0.15, 0.2) is 36.5 Å². The van der Waals surface area contributed by atoms with Crippen LogP contribution in [0.5, 0.6) is 0 Å². The first-order valence-corrected chi connectivity index (χ1v) is 7.55. The van der Waals surface area contributed by atoms with E-state index in [1.54, 1.807) is 0 Å². The van der Waals surface area contributed by atoms with Gasteiger partial charge in [-0.25, -0.2) is 0 Å². The molecule has 1 atom stereocenters. The first kappa shape index (κ1) is 13.4. The van der Waals surface area contributed by atoms with Crippen LogP contribution in [0.2, 0.25) is 0 Å². The number of pyridine rings is 1. The molecular weight excluding hydrogens is 246 g/mol. The van der Waals surface area contributed by atoms with Gasteiger partial charge in [-0.05, 0) is 50.6 Å². The summed E-state index contributed by atoms with van der Waals surface area (Å²) in [6.45, 7) is 7.85. The smallest absolute Gasteiger partial charge is 0.0722 e. The molecule has 3 heteroatoms. The van der Waals surface area contributed by atoms with E-state index in [1.165, 1.54) is 17.5 Å². The summed E-state index contributed by atoms with van der Waals surface area (Å²) in [6.07, 6.45) is 4.20. The second kappa shape index (κ2) is 5.41. The highest BCUT2D eigenvalue weighted by molar-refractivity contribution is 5.91. The van der Waals surface area contributed by atoms with E-state index in [0.29, 0.717) is 0 Å². The van der Waals surface area contributed by atoms with Crippen LogP contribution in [0.25, 0.3) is 10.9 Å². The summed E-state index contributed by atoms with van der Waals surface area (Å²) in [5.41, 5.74) is 2.60. The second-order valence-corrected chi connectivity index (χ2v) is 5.96. The van der Waals surface area contributed by atoms with Crippen molar-refractivity contribution in [2.75, 3.05) is 24.5 Å². The predicted octanol–water partition coefficient (Wildman–Crippen LogP) is 3.20. The van der Waals surface area contributed by atoms with Crippen molar-refractivity contribution < 1.29 is 0 Å². The minimum atomic E-state index is 0.195. The zero-order chi connectivity index (χ0) is 14.0. The number of nitrogens with one attached hydrogen (secondary N) is 1. The third-order valence-corrected chi connectivity index (χ3v) is 4.44. The normalized spacial score (nSPS) is 23.8. The highest BCUT2D eigenvalue weighted by atomic mass is 15.2. The molecule has 20 heavy (non-hydrogen) atoms. The van der Waals surface area contributed by atoms with Crippen LogP contribution in [0.3, 0.4) is 0 Å². The van der Waals surface area contributed by atoms with Gasteiger partial charge in [-0.1, -0.05) is 13.0 Å². The lowest BCUT2D eigenvalue weighted by atomic mass is 9.98. The quantitative estimate of drug-likeness (QED) is 0.907. The van der Waals surface area contributed by atoms with E-state index in [-0.39, 0.29) is 5.54 Å². The molecule has 3 rings (SSSR count). The maximum Gasteiger partial charge on any atom is 0.0722 e. The van der Waals surface area contributed by atoms with Crippen LogP contribution in [-0.2, 0) is 0 Å². The lowest BCUT2D eigenvalue weighted by Crippen LogP contribution is -2.48. The van der Waals surface area contributed by atoms with Gasteiger partial charge in [0.15, 0.2) is 0 Å². The molecule has 1 fully saturated rings. The molecule has 1 saturated heterocycles. The Morgan fingerprint density at radius 1 is 1.30 bits per heavy atom. The Morgan fingerprint density at radius 2 is 2.20 bits per heavy atom. The van der Waals surface area contributed by atoms with Crippen LogP contribution in [0.4, 0.5) is 5.69 Å². The fraction of sp³-hybridized carbons (Fsp3) is 0.471. The van der Waals surface area contributed by atoms with Crippen molar-refractivity contribution in [3.63, 3.8) is 0 Å². The predicted molar refractivity (Wildman–Crippen MR) is 85.3 cm³/mol. The third kappa shape index (κ3) is 2.50. The molecule has 0 aliphatic carbocycles. The molecule has 1 aliphatic heterocycles. The molecule has 1 aromatic carbocycles. The standard InChI is InChI=1S/C17H23N3/c1-3-17(2)13-20(12-6-11-19-17)16-9-4-8-15-14(16)7-5-10-18-15/h4-5,7-10,19H,3,6,11-13H2,1-2H3. The summed E-state index contributed by atoms with van der Waals surface area (Å²) < 4.78 is 0. The Balaban J connectivity index is 2.01. The number of anilines is 1. The maximum absolute atomic E-state index is 4.47. The fourth-order valence-electron chi connectivity index (χ4n) is 3.02. The van der Waals surface area contributed by atoms with Gasteiger partial charge in [-0.3, -0.25) is 4.98 Å². The van der Waals surface area contributed by atoms with Gasteiger partial charge < -0.3 is 10.2 Å². The van der Waals surface area contributed by atoms with Crippen molar-refractivity contribution in [2.45, 2.75) is 32.2 Å².